The Morgan fingerprint density at radius 3 is 2.60 bits per heavy atom. The lowest BCUT2D eigenvalue weighted by molar-refractivity contribution is 0.0992. The Morgan fingerprint density at radius 2 is 1.96 bits per heavy atom. The van der Waals surface area contributed by atoms with Gasteiger partial charge >= 0.3 is 5.63 Å². The van der Waals surface area contributed by atoms with Gasteiger partial charge < -0.3 is 9.15 Å². The summed E-state index contributed by atoms with van der Waals surface area (Å²) >= 11 is 2.67. The molecule has 128 valence electrons. The molecule has 0 spiro atoms. The number of hydrogen-bond acceptors (Lipinski definition) is 8. The van der Waals surface area contributed by atoms with Crippen molar-refractivity contribution in [2.45, 2.75) is 4.34 Å². The average Bonchev–Trinajstić information content (AvgIpc) is 3.09. The normalized spacial score (nSPS) is 10.5. The molecule has 0 atom stereocenters. The number of ether oxygens (including phenoxy) is 1. The highest BCUT2D eigenvalue weighted by atomic mass is 32.2. The van der Waals surface area contributed by atoms with Gasteiger partial charge in [-0.15, -0.1) is 10.2 Å². The molecule has 1 amide bonds. The largest absolute Gasteiger partial charge is 0.497 e. The van der Waals surface area contributed by atoms with E-state index in [-0.39, 0.29) is 5.76 Å². The highest BCUT2D eigenvalue weighted by Crippen LogP contribution is 2.25. The Morgan fingerprint density at radius 1 is 1.20 bits per heavy atom. The number of anilines is 1. The van der Waals surface area contributed by atoms with Crippen molar-refractivity contribution in [2.24, 2.45) is 0 Å². The molecule has 0 saturated heterocycles. The van der Waals surface area contributed by atoms with E-state index in [0.717, 1.165) is 9.90 Å². The van der Waals surface area contributed by atoms with Crippen LogP contribution in [0, 0.1) is 0 Å². The minimum Gasteiger partial charge on any atom is -0.497 e. The molecule has 0 bridgehead atoms. The number of rotatable bonds is 5. The third kappa shape index (κ3) is 4.06. The third-order valence-corrected chi connectivity index (χ3v) is 5.03. The van der Waals surface area contributed by atoms with Gasteiger partial charge in [0.1, 0.15) is 5.75 Å². The molecule has 9 heteroatoms. The van der Waals surface area contributed by atoms with Gasteiger partial charge in [-0.25, -0.2) is 4.79 Å². The molecule has 3 rings (SSSR count). The van der Waals surface area contributed by atoms with Crippen molar-refractivity contribution in [1.29, 1.82) is 0 Å². The summed E-state index contributed by atoms with van der Waals surface area (Å²) < 4.78 is 10.8. The van der Waals surface area contributed by atoms with E-state index in [1.165, 1.54) is 35.2 Å². The minimum absolute atomic E-state index is 0.0979. The highest BCUT2D eigenvalue weighted by molar-refractivity contribution is 8.00. The predicted molar refractivity (Wildman–Crippen MR) is 96.6 cm³/mol. The first-order valence-electron chi connectivity index (χ1n) is 7.07. The van der Waals surface area contributed by atoms with Gasteiger partial charge in [-0.3, -0.25) is 10.1 Å². The second-order valence-electron chi connectivity index (χ2n) is 4.79. The smallest absolute Gasteiger partial charge is 0.336 e. The molecule has 0 aliphatic heterocycles. The number of methoxy groups -OCH3 is 1. The zero-order valence-electron chi connectivity index (χ0n) is 13.3. The molecule has 0 fully saturated rings. The van der Waals surface area contributed by atoms with E-state index in [9.17, 15) is 9.59 Å². The molecule has 0 aliphatic rings. The SMILES string of the molecule is COc1ccc(-c2cc(C(=O)Nc3nnc(SC)s3)oc(=O)c2)cc1. The molecule has 7 nitrogen and oxygen atoms in total. The highest BCUT2D eigenvalue weighted by Gasteiger charge is 2.15. The fourth-order valence-corrected chi connectivity index (χ4v) is 3.21. The Hall–Kier alpha value is -2.65. The van der Waals surface area contributed by atoms with Gasteiger partial charge in [-0.2, -0.15) is 0 Å². The minimum atomic E-state index is -0.611. The predicted octanol–water partition coefficient (Wildman–Crippen LogP) is 3.14. The summed E-state index contributed by atoms with van der Waals surface area (Å²) in [4.78, 5) is 24.1. The Balaban J connectivity index is 1.87. The molecule has 0 aliphatic carbocycles. The van der Waals surface area contributed by atoms with E-state index >= 15 is 0 Å². The molecule has 0 unspecified atom stereocenters. The molecule has 1 aromatic carbocycles. The summed E-state index contributed by atoms with van der Waals surface area (Å²) in [6.07, 6.45) is 1.86. The van der Waals surface area contributed by atoms with Crippen LogP contribution in [0.1, 0.15) is 10.6 Å². The van der Waals surface area contributed by atoms with Gasteiger partial charge in [0.05, 0.1) is 7.11 Å². The van der Waals surface area contributed by atoms with E-state index < -0.39 is 11.5 Å². The van der Waals surface area contributed by atoms with Crippen LogP contribution in [0.5, 0.6) is 5.75 Å². The topological polar surface area (TPSA) is 94.3 Å². The van der Waals surface area contributed by atoms with Crippen molar-refractivity contribution in [2.75, 3.05) is 18.7 Å². The lowest BCUT2D eigenvalue weighted by Gasteiger charge is -2.05. The van der Waals surface area contributed by atoms with Gasteiger partial charge in [0.25, 0.3) is 5.91 Å². The van der Waals surface area contributed by atoms with Crippen LogP contribution in [0.2, 0.25) is 0 Å². The van der Waals surface area contributed by atoms with Crippen LogP contribution in [0.15, 0.2) is 49.9 Å². The maximum absolute atomic E-state index is 12.3. The van der Waals surface area contributed by atoms with Crippen molar-refractivity contribution in [3.63, 3.8) is 0 Å². The Kier molecular flexibility index (Phi) is 5.15. The molecule has 3 aromatic rings. The van der Waals surface area contributed by atoms with Crippen molar-refractivity contribution >= 4 is 34.1 Å². The first-order valence-corrected chi connectivity index (χ1v) is 9.11. The first kappa shape index (κ1) is 17.2. The standard InChI is InChI=1S/C16H13N3O4S2/c1-22-11-5-3-9(4-6-11)10-7-12(23-13(20)8-10)14(21)17-15-18-19-16(24-2)25-15/h3-8H,1-2H3,(H,17,18,21). The quantitative estimate of drug-likeness (QED) is 0.541. The molecule has 25 heavy (non-hydrogen) atoms. The molecule has 1 N–H and O–H groups in total. The van der Waals surface area contributed by atoms with Crippen LogP contribution in [0.25, 0.3) is 11.1 Å². The number of thioether (sulfide) groups is 1. The number of hydrogen-bond donors (Lipinski definition) is 1. The van der Waals surface area contributed by atoms with Gasteiger partial charge in [0.15, 0.2) is 10.1 Å². The molecule has 0 radical (unpaired) electrons. The molecular weight excluding hydrogens is 362 g/mol. The van der Waals surface area contributed by atoms with Crippen LogP contribution >= 0.6 is 23.1 Å². The summed E-state index contributed by atoms with van der Waals surface area (Å²) in [5, 5.41) is 10.7. The maximum atomic E-state index is 12.3. The number of nitrogens with zero attached hydrogens (tertiary/aromatic N) is 2. The van der Waals surface area contributed by atoms with Crippen LogP contribution in [-0.2, 0) is 0 Å². The van der Waals surface area contributed by atoms with Crippen molar-refractivity contribution in [3.8, 4) is 16.9 Å². The molecule has 0 saturated carbocycles. The number of carbonyl (C=O) groups excluding carboxylic acids is 1. The molecule has 2 heterocycles. The Labute approximate surface area is 151 Å². The van der Waals surface area contributed by atoms with Crippen LogP contribution in [-0.4, -0.2) is 29.5 Å². The number of amides is 1. The van der Waals surface area contributed by atoms with Crippen LogP contribution < -0.4 is 15.7 Å². The lowest BCUT2D eigenvalue weighted by Crippen LogP contribution is -2.14. The summed E-state index contributed by atoms with van der Waals surface area (Å²) in [5.41, 5.74) is 0.731. The molecular formula is C16H13N3O4S2. The van der Waals surface area contributed by atoms with Gasteiger partial charge in [0, 0.05) is 6.07 Å². The van der Waals surface area contributed by atoms with E-state index in [2.05, 4.69) is 15.5 Å². The number of nitrogens with one attached hydrogen (secondary N) is 1. The van der Waals surface area contributed by atoms with Gasteiger partial charge in [0.2, 0.25) is 5.13 Å². The zero-order valence-corrected chi connectivity index (χ0v) is 14.9. The Bertz CT molecular complexity index is 951. The lowest BCUT2D eigenvalue weighted by atomic mass is 10.1. The number of benzene rings is 1. The fraction of sp³-hybridized carbons (Fsp3) is 0.125. The second-order valence-corrected chi connectivity index (χ2v) is 6.82. The van der Waals surface area contributed by atoms with E-state index in [1.54, 1.807) is 31.4 Å². The van der Waals surface area contributed by atoms with Crippen molar-refractivity contribution in [3.05, 3.63) is 52.6 Å². The maximum Gasteiger partial charge on any atom is 0.336 e. The fourth-order valence-electron chi connectivity index (χ4n) is 2.04. The summed E-state index contributed by atoms with van der Waals surface area (Å²) in [6, 6.07) is 9.98. The van der Waals surface area contributed by atoms with Crippen molar-refractivity contribution in [1.82, 2.24) is 10.2 Å². The van der Waals surface area contributed by atoms with Gasteiger partial charge in [-0.05, 0) is 35.6 Å². The van der Waals surface area contributed by atoms with Crippen molar-refractivity contribution < 1.29 is 13.9 Å². The van der Waals surface area contributed by atoms with Crippen LogP contribution in [0.4, 0.5) is 5.13 Å². The summed E-state index contributed by atoms with van der Waals surface area (Å²) in [7, 11) is 1.57. The zero-order chi connectivity index (χ0) is 17.8. The monoisotopic (exact) mass is 375 g/mol. The summed E-state index contributed by atoms with van der Waals surface area (Å²) in [6.45, 7) is 0. The van der Waals surface area contributed by atoms with E-state index in [1.807, 2.05) is 6.26 Å². The third-order valence-electron chi connectivity index (χ3n) is 3.22. The van der Waals surface area contributed by atoms with Crippen LogP contribution in [0.3, 0.4) is 0 Å². The van der Waals surface area contributed by atoms with E-state index in [0.29, 0.717) is 16.4 Å². The molecule has 2 aromatic heterocycles. The van der Waals surface area contributed by atoms with Gasteiger partial charge in [-0.1, -0.05) is 35.2 Å². The van der Waals surface area contributed by atoms with E-state index in [4.69, 9.17) is 9.15 Å². The first-order chi connectivity index (χ1) is 12.1. The number of aromatic nitrogens is 2. The summed E-state index contributed by atoms with van der Waals surface area (Å²) in [5.74, 6) is 0.0426. The second kappa shape index (κ2) is 7.49. The average molecular weight is 375 g/mol. The number of carbonyl (C=O) groups is 1.